The van der Waals surface area contributed by atoms with Crippen LogP contribution in [0.4, 0.5) is 0 Å². The second-order valence-corrected chi connectivity index (χ2v) is 7.63. The first-order chi connectivity index (χ1) is 11.7. The number of fused-ring (bicyclic) bond motifs is 1. The minimum Gasteiger partial charge on any atom is -0.346 e. The number of aryl methyl sites for hydroxylation is 1. The van der Waals surface area contributed by atoms with Gasteiger partial charge in [-0.25, -0.2) is 4.98 Å². The summed E-state index contributed by atoms with van der Waals surface area (Å²) >= 11 is 1.68. The number of rotatable bonds is 5. The Bertz CT molecular complexity index is 880. The minimum atomic E-state index is 0.0397. The molecule has 1 atom stereocenters. The molecule has 1 aliphatic carbocycles. The summed E-state index contributed by atoms with van der Waals surface area (Å²) in [5.41, 5.74) is 1.87. The maximum atomic E-state index is 12.6. The second kappa shape index (κ2) is 6.32. The van der Waals surface area contributed by atoms with Crippen molar-refractivity contribution >= 4 is 28.1 Å². The number of nitrogens with one attached hydrogen (secondary N) is 1. The SMILES string of the molecule is Cc1cnc(C(NC(=O)Cc2cccc3cccnc23)C2CC2)s1. The van der Waals surface area contributed by atoms with E-state index in [1.54, 1.807) is 17.5 Å². The van der Waals surface area contributed by atoms with Gasteiger partial charge in [-0.05, 0) is 37.3 Å². The van der Waals surface area contributed by atoms with E-state index in [1.165, 1.54) is 17.7 Å². The molecule has 122 valence electrons. The lowest BCUT2D eigenvalue weighted by Gasteiger charge is -2.16. The van der Waals surface area contributed by atoms with Gasteiger partial charge in [-0.3, -0.25) is 9.78 Å². The van der Waals surface area contributed by atoms with Gasteiger partial charge in [0.25, 0.3) is 0 Å². The zero-order valence-corrected chi connectivity index (χ0v) is 14.3. The molecule has 2 heterocycles. The fraction of sp³-hybridized carbons (Fsp3) is 0.316. The molecule has 1 aliphatic rings. The molecule has 2 aromatic heterocycles. The predicted octanol–water partition coefficient (Wildman–Crippen LogP) is 3.81. The molecule has 5 heteroatoms. The highest BCUT2D eigenvalue weighted by Gasteiger charge is 2.35. The van der Waals surface area contributed by atoms with Crippen LogP contribution in [0.25, 0.3) is 10.9 Å². The van der Waals surface area contributed by atoms with Gasteiger partial charge in [-0.1, -0.05) is 24.3 Å². The molecule has 1 aromatic carbocycles. The van der Waals surface area contributed by atoms with Crippen LogP contribution in [0, 0.1) is 12.8 Å². The van der Waals surface area contributed by atoms with E-state index in [1.807, 2.05) is 36.5 Å². The second-order valence-electron chi connectivity index (χ2n) is 6.36. The van der Waals surface area contributed by atoms with Gasteiger partial charge >= 0.3 is 0 Å². The van der Waals surface area contributed by atoms with Crippen LogP contribution >= 0.6 is 11.3 Å². The summed E-state index contributed by atoms with van der Waals surface area (Å²) in [6.45, 7) is 2.05. The van der Waals surface area contributed by atoms with Crippen molar-refractivity contribution in [1.29, 1.82) is 0 Å². The molecule has 0 aliphatic heterocycles. The number of carbonyl (C=O) groups is 1. The number of amides is 1. The average Bonchev–Trinajstić information content (AvgIpc) is 3.34. The van der Waals surface area contributed by atoms with Crippen molar-refractivity contribution < 1.29 is 4.79 Å². The van der Waals surface area contributed by atoms with Gasteiger partial charge in [0.15, 0.2) is 0 Å². The summed E-state index contributed by atoms with van der Waals surface area (Å²) in [6, 6.07) is 9.98. The van der Waals surface area contributed by atoms with E-state index in [4.69, 9.17) is 0 Å². The number of hydrogen-bond acceptors (Lipinski definition) is 4. The van der Waals surface area contributed by atoms with E-state index in [0.29, 0.717) is 12.3 Å². The first-order valence-corrected chi connectivity index (χ1v) is 9.06. The zero-order valence-electron chi connectivity index (χ0n) is 13.5. The highest BCUT2D eigenvalue weighted by molar-refractivity contribution is 7.11. The van der Waals surface area contributed by atoms with Gasteiger partial charge < -0.3 is 5.32 Å². The number of aromatic nitrogens is 2. The Morgan fingerprint density at radius 2 is 2.12 bits per heavy atom. The standard InChI is InChI=1S/C19H19N3OS/c1-12-11-21-19(24-12)18(14-7-8-14)22-16(23)10-15-5-2-4-13-6-3-9-20-17(13)15/h2-6,9,11,14,18H,7-8,10H2,1H3,(H,22,23). The molecule has 4 nitrogen and oxygen atoms in total. The summed E-state index contributed by atoms with van der Waals surface area (Å²) in [7, 11) is 0. The number of thiazole rings is 1. The van der Waals surface area contributed by atoms with Gasteiger partial charge in [-0.2, -0.15) is 0 Å². The zero-order chi connectivity index (χ0) is 16.5. The molecule has 0 bridgehead atoms. The highest BCUT2D eigenvalue weighted by atomic mass is 32.1. The Morgan fingerprint density at radius 3 is 2.88 bits per heavy atom. The molecule has 1 amide bonds. The third kappa shape index (κ3) is 3.17. The first-order valence-electron chi connectivity index (χ1n) is 8.25. The molecule has 1 N–H and O–H groups in total. The van der Waals surface area contributed by atoms with Gasteiger partial charge in [0.05, 0.1) is 18.0 Å². The Balaban J connectivity index is 1.53. The van der Waals surface area contributed by atoms with Gasteiger partial charge in [-0.15, -0.1) is 11.3 Å². The van der Waals surface area contributed by atoms with Crippen molar-refractivity contribution in [2.45, 2.75) is 32.2 Å². The van der Waals surface area contributed by atoms with E-state index >= 15 is 0 Å². The normalized spacial score (nSPS) is 15.4. The van der Waals surface area contributed by atoms with E-state index in [0.717, 1.165) is 21.5 Å². The van der Waals surface area contributed by atoms with Crippen molar-refractivity contribution in [2.24, 2.45) is 5.92 Å². The van der Waals surface area contributed by atoms with Crippen molar-refractivity contribution in [3.8, 4) is 0 Å². The first kappa shape index (κ1) is 15.3. The van der Waals surface area contributed by atoms with Crippen LogP contribution in [-0.2, 0) is 11.2 Å². The third-order valence-electron chi connectivity index (χ3n) is 4.38. The lowest BCUT2D eigenvalue weighted by Crippen LogP contribution is -2.31. The van der Waals surface area contributed by atoms with Crippen LogP contribution in [0.15, 0.2) is 42.7 Å². The summed E-state index contributed by atoms with van der Waals surface area (Å²) in [5.74, 6) is 0.572. The van der Waals surface area contributed by atoms with E-state index in [2.05, 4.69) is 22.2 Å². The summed E-state index contributed by atoms with van der Waals surface area (Å²) in [4.78, 5) is 22.7. The maximum Gasteiger partial charge on any atom is 0.225 e. The number of carbonyl (C=O) groups excluding carboxylic acids is 1. The van der Waals surface area contributed by atoms with Crippen LogP contribution in [0.1, 0.15) is 34.3 Å². The van der Waals surface area contributed by atoms with Crippen LogP contribution in [-0.4, -0.2) is 15.9 Å². The van der Waals surface area contributed by atoms with E-state index < -0.39 is 0 Å². The molecule has 3 aromatic rings. The lowest BCUT2D eigenvalue weighted by molar-refractivity contribution is -0.121. The smallest absolute Gasteiger partial charge is 0.225 e. The van der Waals surface area contributed by atoms with Crippen molar-refractivity contribution in [3.05, 3.63) is 58.2 Å². The van der Waals surface area contributed by atoms with Crippen molar-refractivity contribution in [1.82, 2.24) is 15.3 Å². The monoisotopic (exact) mass is 337 g/mol. The third-order valence-corrected chi connectivity index (χ3v) is 5.38. The number of hydrogen-bond donors (Lipinski definition) is 1. The van der Waals surface area contributed by atoms with Crippen LogP contribution in [0.2, 0.25) is 0 Å². The molecule has 0 saturated heterocycles. The fourth-order valence-electron chi connectivity index (χ4n) is 3.03. The van der Waals surface area contributed by atoms with Gasteiger partial charge in [0.2, 0.25) is 5.91 Å². The largest absolute Gasteiger partial charge is 0.346 e. The fourth-order valence-corrected chi connectivity index (χ4v) is 3.95. The minimum absolute atomic E-state index is 0.0397. The predicted molar refractivity (Wildman–Crippen MR) is 95.9 cm³/mol. The molecule has 4 rings (SSSR count). The topological polar surface area (TPSA) is 54.9 Å². The molecule has 1 saturated carbocycles. The summed E-state index contributed by atoms with van der Waals surface area (Å²) < 4.78 is 0. The number of nitrogens with zero attached hydrogens (tertiary/aromatic N) is 2. The van der Waals surface area contributed by atoms with Gasteiger partial charge in [0.1, 0.15) is 5.01 Å². The molecular formula is C19H19N3OS. The molecule has 0 spiro atoms. The van der Waals surface area contributed by atoms with Crippen molar-refractivity contribution in [3.63, 3.8) is 0 Å². The Labute approximate surface area is 145 Å². The highest BCUT2D eigenvalue weighted by Crippen LogP contribution is 2.42. The summed E-state index contributed by atoms with van der Waals surface area (Å²) in [5, 5.41) is 5.30. The molecule has 0 radical (unpaired) electrons. The Hall–Kier alpha value is -2.27. The molecule has 1 unspecified atom stereocenters. The number of para-hydroxylation sites is 1. The number of benzene rings is 1. The Kier molecular flexibility index (Phi) is 4.02. The molecule has 1 fully saturated rings. The number of pyridine rings is 1. The Morgan fingerprint density at radius 1 is 1.29 bits per heavy atom. The van der Waals surface area contributed by atoms with Crippen LogP contribution in [0.3, 0.4) is 0 Å². The summed E-state index contributed by atoms with van der Waals surface area (Å²) in [6.07, 6.45) is 6.34. The van der Waals surface area contributed by atoms with Crippen molar-refractivity contribution in [2.75, 3.05) is 0 Å². The van der Waals surface area contributed by atoms with E-state index in [-0.39, 0.29) is 11.9 Å². The average molecular weight is 337 g/mol. The molecular weight excluding hydrogens is 318 g/mol. The van der Waals surface area contributed by atoms with E-state index in [9.17, 15) is 4.79 Å². The lowest BCUT2D eigenvalue weighted by atomic mass is 10.1. The molecule has 24 heavy (non-hydrogen) atoms. The quantitative estimate of drug-likeness (QED) is 0.770. The maximum absolute atomic E-state index is 12.6. The van der Waals surface area contributed by atoms with Crippen LogP contribution in [0.5, 0.6) is 0 Å². The van der Waals surface area contributed by atoms with Gasteiger partial charge in [0, 0.05) is 22.7 Å². The van der Waals surface area contributed by atoms with Crippen LogP contribution < -0.4 is 5.32 Å².